The van der Waals surface area contributed by atoms with Crippen LogP contribution in [0.3, 0.4) is 0 Å². The average molecular weight is 940 g/mol. The van der Waals surface area contributed by atoms with Crippen LogP contribution >= 0.6 is 23.5 Å². The number of hydrogen-bond acceptors (Lipinski definition) is 2. The number of aromatic nitrogens is 3. The van der Waals surface area contributed by atoms with Crippen molar-refractivity contribution >= 4 is 88.9 Å². The first-order chi connectivity index (χ1) is 35.2. The fourth-order valence-corrected chi connectivity index (χ4v) is 13.8. The second-order valence-corrected chi connectivity index (χ2v) is 20.5. The van der Waals surface area contributed by atoms with Crippen LogP contribution in [0.15, 0.2) is 268 Å². The highest BCUT2D eigenvalue weighted by Crippen LogP contribution is 2.53. The minimum absolute atomic E-state index is 1.12. The molecular weight excluding hydrogens is 899 g/mol. The van der Waals surface area contributed by atoms with Gasteiger partial charge >= 0.3 is 0 Å². The van der Waals surface area contributed by atoms with Crippen molar-refractivity contribution in [1.82, 2.24) is 13.7 Å². The lowest BCUT2D eigenvalue weighted by Gasteiger charge is -2.23. The molecule has 332 valence electrons. The zero-order chi connectivity index (χ0) is 46.6. The molecule has 0 unspecified atom stereocenters. The zero-order valence-electron chi connectivity index (χ0n) is 38.3. The Labute approximate surface area is 418 Å². The van der Waals surface area contributed by atoms with E-state index < -0.39 is 0 Å². The first-order valence-corrected chi connectivity index (χ1v) is 25.8. The van der Waals surface area contributed by atoms with Crippen LogP contribution in [0.2, 0.25) is 0 Å². The summed E-state index contributed by atoms with van der Waals surface area (Å²) in [6, 6.07) is 92.0. The van der Waals surface area contributed by atoms with Gasteiger partial charge in [0.2, 0.25) is 0 Å². The number of fused-ring (bicyclic) bond motifs is 11. The van der Waals surface area contributed by atoms with E-state index in [-0.39, 0.29) is 0 Å². The smallest absolute Gasteiger partial charge is 0.0542 e. The van der Waals surface area contributed by atoms with E-state index in [0.717, 1.165) is 33.8 Å². The average Bonchev–Trinajstić information content (AvgIpc) is 4.08. The molecule has 1 aliphatic rings. The Morgan fingerprint density at radius 2 is 0.634 bits per heavy atom. The van der Waals surface area contributed by atoms with Crippen molar-refractivity contribution in [3.63, 3.8) is 0 Å². The highest BCUT2D eigenvalue weighted by molar-refractivity contribution is 8.05. The first-order valence-electron chi connectivity index (χ1n) is 24.2. The lowest BCUT2D eigenvalue weighted by molar-refractivity contribution is 1.15. The maximum Gasteiger partial charge on any atom is 0.0542 e. The molecule has 0 bridgehead atoms. The maximum atomic E-state index is 2.47. The van der Waals surface area contributed by atoms with E-state index in [9.17, 15) is 0 Å². The van der Waals surface area contributed by atoms with Crippen LogP contribution in [-0.4, -0.2) is 13.7 Å². The molecule has 3 nitrogen and oxygen atoms in total. The van der Waals surface area contributed by atoms with Crippen molar-refractivity contribution in [2.75, 3.05) is 0 Å². The third-order valence-electron chi connectivity index (χ3n) is 14.5. The van der Waals surface area contributed by atoms with Gasteiger partial charge in [0.15, 0.2) is 0 Å². The van der Waals surface area contributed by atoms with Gasteiger partial charge in [-0.25, -0.2) is 0 Å². The fourth-order valence-electron chi connectivity index (χ4n) is 11.4. The van der Waals surface area contributed by atoms with Crippen LogP contribution in [0.5, 0.6) is 0 Å². The number of benzene rings is 11. The maximum absolute atomic E-state index is 2.47. The van der Waals surface area contributed by atoms with Gasteiger partial charge in [0.25, 0.3) is 0 Å². The van der Waals surface area contributed by atoms with E-state index >= 15 is 0 Å². The van der Waals surface area contributed by atoms with E-state index in [1.807, 2.05) is 23.5 Å². The summed E-state index contributed by atoms with van der Waals surface area (Å²) in [4.78, 5) is 5.18. The van der Waals surface area contributed by atoms with Crippen LogP contribution in [0.25, 0.3) is 116 Å². The second-order valence-electron chi connectivity index (χ2n) is 18.4. The molecular formula is C66H41N3S2. The molecule has 15 rings (SSSR count). The van der Waals surface area contributed by atoms with E-state index in [1.54, 1.807) is 0 Å². The van der Waals surface area contributed by atoms with Crippen LogP contribution in [0, 0.1) is 0 Å². The summed E-state index contributed by atoms with van der Waals surface area (Å²) in [5.74, 6) is 0. The highest BCUT2D eigenvalue weighted by atomic mass is 32.2. The number of rotatable bonds is 6. The molecule has 0 radical (unpaired) electrons. The van der Waals surface area contributed by atoms with E-state index in [4.69, 9.17) is 0 Å². The molecule has 1 aliphatic heterocycles. The molecule has 0 spiro atoms. The second kappa shape index (κ2) is 16.0. The van der Waals surface area contributed by atoms with Gasteiger partial charge in [-0.05, 0) is 119 Å². The third kappa shape index (κ3) is 6.26. The van der Waals surface area contributed by atoms with Crippen LogP contribution in [0.1, 0.15) is 0 Å². The summed E-state index contributed by atoms with van der Waals surface area (Å²) in [7, 11) is 0. The van der Waals surface area contributed by atoms with Crippen LogP contribution in [-0.2, 0) is 0 Å². The number of nitrogens with zero attached hydrogens (tertiary/aromatic N) is 3. The molecule has 0 aliphatic carbocycles. The molecule has 5 heteroatoms. The molecule has 11 aromatic carbocycles. The van der Waals surface area contributed by atoms with Gasteiger partial charge in [0.05, 0.1) is 38.8 Å². The highest BCUT2D eigenvalue weighted by Gasteiger charge is 2.24. The van der Waals surface area contributed by atoms with Crippen molar-refractivity contribution in [3.8, 4) is 50.4 Å². The molecule has 14 aromatic rings. The van der Waals surface area contributed by atoms with Crippen molar-refractivity contribution in [2.24, 2.45) is 0 Å². The fraction of sp³-hybridized carbons (Fsp3) is 0. The van der Waals surface area contributed by atoms with Crippen molar-refractivity contribution < 1.29 is 0 Å². The molecule has 0 N–H and O–H groups in total. The van der Waals surface area contributed by atoms with Gasteiger partial charge in [0.1, 0.15) is 0 Å². The Bertz CT molecular complexity index is 4330. The number of hydrogen-bond donors (Lipinski definition) is 0. The lowest BCUT2D eigenvalue weighted by Crippen LogP contribution is -2.01. The zero-order valence-corrected chi connectivity index (χ0v) is 40.0. The molecule has 0 saturated heterocycles. The van der Waals surface area contributed by atoms with E-state index in [1.165, 1.54) is 102 Å². The van der Waals surface area contributed by atoms with Gasteiger partial charge < -0.3 is 13.7 Å². The lowest BCUT2D eigenvalue weighted by atomic mass is 9.91. The van der Waals surface area contributed by atoms with Crippen molar-refractivity contribution in [2.45, 2.75) is 19.6 Å². The normalized spacial score (nSPS) is 12.4. The third-order valence-corrected chi connectivity index (χ3v) is 17.1. The molecule has 0 atom stereocenters. The quantitative estimate of drug-likeness (QED) is 0.165. The first kappa shape index (κ1) is 40.4. The predicted octanol–water partition coefficient (Wildman–Crippen LogP) is 18.6. The Morgan fingerprint density at radius 1 is 0.239 bits per heavy atom. The summed E-state index contributed by atoms with van der Waals surface area (Å²) in [6.07, 6.45) is 0. The molecule has 4 heterocycles. The molecule has 0 amide bonds. The minimum atomic E-state index is 1.12. The van der Waals surface area contributed by atoms with Crippen LogP contribution < -0.4 is 0 Å². The Hall–Kier alpha value is -8.48. The monoisotopic (exact) mass is 939 g/mol. The molecule has 0 fully saturated rings. The standard InChI is InChI=1S/C66H41N3S2/c1-7-26-56-47(19-1)48-20-2-8-27-57(48)67(56)44-35-37-46(53-25-16-34-65-66(53)71-64-33-14-13-32-63(64)70-65)54(40-44)42-17-15-18-43(39-42)55-41-45(68-58-28-9-3-21-49(58)50-22-4-10-29-59(50)68)36-38-62(55)69-60-30-11-5-23-51(60)52-24-6-12-31-61(52)69/h1-41H. The molecule has 71 heavy (non-hydrogen) atoms. The molecule has 3 aromatic heterocycles. The topological polar surface area (TPSA) is 14.8 Å². The predicted molar refractivity (Wildman–Crippen MR) is 300 cm³/mol. The van der Waals surface area contributed by atoms with Crippen LogP contribution in [0.4, 0.5) is 0 Å². The van der Waals surface area contributed by atoms with Gasteiger partial charge in [-0.1, -0.05) is 181 Å². The summed E-state index contributed by atoms with van der Waals surface area (Å²) in [5.41, 5.74) is 17.6. The largest absolute Gasteiger partial charge is 0.309 e. The van der Waals surface area contributed by atoms with Gasteiger partial charge in [0, 0.05) is 68.8 Å². The van der Waals surface area contributed by atoms with Crippen molar-refractivity contribution in [1.29, 1.82) is 0 Å². The number of para-hydroxylation sites is 6. The molecule has 0 saturated carbocycles. The SMILES string of the molecule is c1cc(-c2cc(-n3c4ccccc4c4ccccc43)ccc2-c2cccc3c2Sc2ccccc2S3)cc(-c2cc(-n3c4ccccc4c4ccccc43)ccc2-n2c3ccccc3c3ccccc32)c1. The summed E-state index contributed by atoms with van der Waals surface area (Å²) in [6.45, 7) is 0. The van der Waals surface area contributed by atoms with Gasteiger partial charge in [-0.15, -0.1) is 0 Å². The summed E-state index contributed by atoms with van der Waals surface area (Å²) in [5, 5.41) is 7.48. The Morgan fingerprint density at radius 3 is 1.15 bits per heavy atom. The Kier molecular flexibility index (Phi) is 9.13. The summed E-state index contributed by atoms with van der Waals surface area (Å²) >= 11 is 3.76. The Balaban J connectivity index is 0.996. The summed E-state index contributed by atoms with van der Waals surface area (Å²) < 4.78 is 7.35. The van der Waals surface area contributed by atoms with E-state index in [0.29, 0.717) is 0 Å². The van der Waals surface area contributed by atoms with Crippen molar-refractivity contribution in [3.05, 3.63) is 249 Å². The minimum Gasteiger partial charge on any atom is -0.309 e. The van der Waals surface area contributed by atoms with E-state index in [2.05, 4.69) is 262 Å². The van der Waals surface area contributed by atoms with Gasteiger partial charge in [-0.3, -0.25) is 0 Å². The van der Waals surface area contributed by atoms with Gasteiger partial charge in [-0.2, -0.15) is 0 Å².